The molecule has 1 aliphatic rings. The highest BCUT2D eigenvalue weighted by Crippen LogP contribution is 2.19. The summed E-state index contributed by atoms with van der Waals surface area (Å²) >= 11 is 0. The van der Waals surface area contributed by atoms with E-state index in [9.17, 15) is 5.11 Å². The maximum absolute atomic E-state index is 9.60. The molecule has 0 bridgehead atoms. The minimum atomic E-state index is -0.0964. The first-order chi connectivity index (χ1) is 6.65. The van der Waals surface area contributed by atoms with E-state index in [2.05, 4.69) is 18.7 Å². The maximum atomic E-state index is 9.60. The quantitative estimate of drug-likeness (QED) is 0.739. The molecular weight excluding hydrogens is 178 g/mol. The smallest absolute Gasteiger partial charge is 0.0590 e. The number of hydrogen-bond acceptors (Lipinski definition) is 3. The molecule has 84 valence electrons. The van der Waals surface area contributed by atoms with E-state index in [-0.39, 0.29) is 6.10 Å². The normalized spacial score (nSPS) is 31.7. The molecule has 3 heteroatoms. The van der Waals surface area contributed by atoms with Gasteiger partial charge in [0.15, 0.2) is 0 Å². The van der Waals surface area contributed by atoms with Gasteiger partial charge in [-0.05, 0) is 25.7 Å². The predicted octanol–water partition coefficient (Wildman–Crippen LogP) is 1.11. The van der Waals surface area contributed by atoms with Crippen LogP contribution in [0.1, 0.15) is 26.7 Å². The monoisotopic (exact) mass is 201 g/mol. The van der Waals surface area contributed by atoms with Crippen LogP contribution < -0.4 is 0 Å². The second-order valence-corrected chi connectivity index (χ2v) is 4.46. The number of hydrogen-bond donors (Lipinski definition) is 1. The Labute approximate surface area is 87.1 Å². The molecule has 0 saturated carbocycles. The molecule has 0 spiro atoms. The Morgan fingerprint density at radius 1 is 1.57 bits per heavy atom. The van der Waals surface area contributed by atoms with E-state index in [1.807, 2.05) is 0 Å². The first kappa shape index (κ1) is 12.0. The van der Waals surface area contributed by atoms with Crippen molar-refractivity contribution in [3.8, 4) is 0 Å². The van der Waals surface area contributed by atoms with Crippen LogP contribution in [0.25, 0.3) is 0 Å². The maximum Gasteiger partial charge on any atom is 0.0590 e. The van der Waals surface area contributed by atoms with Gasteiger partial charge in [0.1, 0.15) is 0 Å². The number of aliphatic hydroxyl groups is 1. The lowest BCUT2D eigenvalue weighted by Gasteiger charge is -2.38. The van der Waals surface area contributed by atoms with Crippen molar-refractivity contribution in [2.75, 3.05) is 26.8 Å². The summed E-state index contributed by atoms with van der Waals surface area (Å²) in [4.78, 5) is 2.45. The van der Waals surface area contributed by atoms with Crippen molar-refractivity contribution in [1.82, 2.24) is 4.90 Å². The van der Waals surface area contributed by atoms with Crippen LogP contribution in [-0.4, -0.2) is 49.0 Å². The van der Waals surface area contributed by atoms with Crippen molar-refractivity contribution in [3.63, 3.8) is 0 Å². The van der Waals surface area contributed by atoms with Gasteiger partial charge in [-0.2, -0.15) is 0 Å². The summed E-state index contributed by atoms with van der Waals surface area (Å²) < 4.78 is 5.08. The number of piperidine rings is 1. The van der Waals surface area contributed by atoms with Crippen molar-refractivity contribution in [3.05, 3.63) is 0 Å². The Morgan fingerprint density at radius 2 is 2.29 bits per heavy atom. The third-order valence-electron chi connectivity index (χ3n) is 3.25. The molecule has 1 N–H and O–H groups in total. The Balaban J connectivity index is 2.30. The van der Waals surface area contributed by atoms with Crippen molar-refractivity contribution in [1.29, 1.82) is 0 Å². The zero-order chi connectivity index (χ0) is 10.6. The standard InChI is InChI=1S/C11H23NO2/c1-9-8-12(6-4-11(9)13)10(2)5-7-14-3/h9-11,13H,4-8H2,1-3H3. The van der Waals surface area contributed by atoms with Crippen LogP contribution in [0.3, 0.4) is 0 Å². The van der Waals surface area contributed by atoms with Crippen molar-refractivity contribution in [2.24, 2.45) is 5.92 Å². The van der Waals surface area contributed by atoms with Crippen molar-refractivity contribution >= 4 is 0 Å². The minimum Gasteiger partial charge on any atom is -0.393 e. The zero-order valence-corrected chi connectivity index (χ0v) is 9.57. The molecule has 1 heterocycles. The molecule has 1 aliphatic heterocycles. The Bertz CT molecular complexity index is 163. The molecule has 3 nitrogen and oxygen atoms in total. The fourth-order valence-corrected chi connectivity index (χ4v) is 2.04. The molecule has 0 radical (unpaired) electrons. The largest absolute Gasteiger partial charge is 0.393 e. The van der Waals surface area contributed by atoms with E-state index in [1.165, 1.54) is 0 Å². The van der Waals surface area contributed by atoms with E-state index in [0.29, 0.717) is 12.0 Å². The van der Waals surface area contributed by atoms with E-state index in [1.54, 1.807) is 7.11 Å². The number of rotatable bonds is 4. The summed E-state index contributed by atoms with van der Waals surface area (Å²) in [7, 11) is 1.75. The number of likely N-dealkylation sites (tertiary alicyclic amines) is 1. The van der Waals surface area contributed by atoms with Gasteiger partial charge in [0.25, 0.3) is 0 Å². The van der Waals surface area contributed by atoms with Crippen LogP contribution in [0.4, 0.5) is 0 Å². The Hall–Kier alpha value is -0.120. The van der Waals surface area contributed by atoms with Crippen LogP contribution in [0, 0.1) is 5.92 Å². The summed E-state index contributed by atoms with van der Waals surface area (Å²) in [6.07, 6.45) is 1.90. The van der Waals surface area contributed by atoms with Gasteiger partial charge >= 0.3 is 0 Å². The highest BCUT2D eigenvalue weighted by Gasteiger charge is 2.26. The average molecular weight is 201 g/mol. The molecule has 1 fully saturated rings. The third kappa shape index (κ3) is 3.23. The van der Waals surface area contributed by atoms with Gasteiger partial charge in [-0.1, -0.05) is 6.92 Å². The Morgan fingerprint density at radius 3 is 2.86 bits per heavy atom. The third-order valence-corrected chi connectivity index (χ3v) is 3.25. The molecule has 0 aromatic heterocycles. The summed E-state index contributed by atoms with van der Waals surface area (Å²) in [5.74, 6) is 0.411. The lowest BCUT2D eigenvalue weighted by Crippen LogP contribution is -2.46. The van der Waals surface area contributed by atoms with Crippen LogP contribution >= 0.6 is 0 Å². The van der Waals surface area contributed by atoms with E-state index < -0.39 is 0 Å². The highest BCUT2D eigenvalue weighted by molar-refractivity contribution is 4.80. The highest BCUT2D eigenvalue weighted by atomic mass is 16.5. The van der Waals surface area contributed by atoms with Gasteiger partial charge in [-0.3, -0.25) is 0 Å². The molecule has 14 heavy (non-hydrogen) atoms. The van der Waals surface area contributed by atoms with Crippen LogP contribution in [0.5, 0.6) is 0 Å². The molecule has 1 rings (SSSR count). The van der Waals surface area contributed by atoms with E-state index >= 15 is 0 Å². The second-order valence-electron chi connectivity index (χ2n) is 4.46. The van der Waals surface area contributed by atoms with Gasteiger partial charge < -0.3 is 14.7 Å². The number of methoxy groups -OCH3 is 1. The number of aliphatic hydroxyl groups excluding tert-OH is 1. The fraction of sp³-hybridized carbons (Fsp3) is 1.00. The molecule has 0 amide bonds. The van der Waals surface area contributed by atoms with Gasteiger partial charge in [-0.25, -0.2) is 0 Å². The van der Waals surface area contributed by atoms with Crippen molar-refractivity contribution in [2.45, 2.75) is 38.8 Å². The summed E-state index contributed by atoms with van der Waals surface area (Å²) in [5.41, 5.74) is 0. The molecule has 3 atom stereocenters. The van der Waals surface area contributed by atoms with Crippen LogP contribution in [0.15, 0.2) is 0 Å². The molecule has 1 saturated heterocycles. The van der Waals surface area contributed by atoms with Crippen LogP contribution in [-0.2, 0) is 4.74 Å². The summed E-state index contributed by atoms with van der Waals surface area (Å²) in [5, 5.41) is 9.60. The van der Waals surface area contributed by atoms with Crippen LogP contribution in [0.2, 0.25) is 0 Å². The van der Waals surface area contributed by atoms with Crippen molar-refractivity contribution < 1.29 is 9.84 Å². The first-order valence-electron chi connectivity index (χ1n) is 5.56. The minimum absolute atomic E-state index is 0.0964. The predicted molar refractivity (Wildman–Crippen MR) is 57.3 cm³/mol. The fourth-order valence-electron chi connectivity index (χ4n) is 2.04. The van der Waals surface area contributed by atoms with Gasteiger partial charge in [-0.15, -0.1) is 0 Å². The second kappa shape index (κ2) is 5.69. The summed E-state index contributed by atoms with van der Waals surface area (Å²) in [6.45, 7) is 7.24. The van der Waals surface area contributed by atoms with E-state index in [4.69, 9.17) is 4.74 Å². The number of nitrogens with zero attached hydrogens (tertiary/aromatic N) is 1. The van der Waals surface area contributed by atoms with Gasteiger partial charge in [0.2, 0.25) is 0 Å². The Kier molecular flexibility index (Phi) is 4.85. The molecular formula is C11H23NO2. The average Bonchev–Trinajstić information content (AvgIpc) is 2.18. The topological polar surface area (TPSA) is 32.7 Å². The lowest BCUT2D eigenvalue weighted by atomic mass is 9.95. The zero-order valence-electron chi connectivity index (χ0n) is 9.57. The molecule has 0 aromatic carbocycles. The summed E-state index contributed by atoms with van der Waals surface area (Å²) in [6, 6.07) is 0.574. The number of ether oxygens (including phenoxy) is 1. The van der Waals surface area contributed by atoms with Gasteiger partial charge in [0.05, 0.1) is 6.10 Å². The first-order valence-corrected chi connectivity index (χ1v) is 5.56. The molecule has 3 unspecified atom stereocenters. The van der Waals surface area contributed by atoms with E-state index in [0.717, 1.165) is 32.5 Å². The molecule has 0 aromatic rings. The lowest BCUT2D eigenvalue weighted by molar-refractivity contribution is 0.0145. The SMILES string of the molecule is COCCC(C)N1CCC(O)C(C)C1. The molecule has 0 aliphatic carbocycles. The van der Waals surface area contributed by atoms with Gasteiger partial charge in [0, 0.05) is 32.8 Å².